The number of hydrogen-bond acceptors (Lipinski definition) is 3. The number of ether oxygens (including phenoxy) is 1. The molecule has 1 aromatic rings. The minimum atomic E-state index is 0.0530. The molecular weight excluding hydrogens is 240 g/mol. The first-order valence-corrected chi connectivity index (χ1v) is 5.98. The number of halogens is 1. The van der Waals surface area contributed by atoms with Gasteiger partial charge in [-0.05, 0) is 12.1 Å². The SMILES string of the molecule is CC1(CN2Cc3nc(Cl)ccc3C2=O)COC1. The van der Waals surface area contributed by atoms with Crippen LogP contribution < -0.4 is 0 Å². The first kappa shape index (κ1) is 11.0. The number of nitrogens with zero attached hydrogens (tertiary/aromatic N) is 2. The van der Waals surface area contributed by atoms with Crippen LogP contribution >= 0.6 is 11.6 Å². The second-order valence-corrected chi connectivity index (χ2v) is 5.48. The molecule has 2 aliphatic rings. The van der Waals surface area contributed by atoms with E-state index in [1.807, 2.05) is 4.90 Å². The lowest BCUT2D eigenvalue weighted by atomic mass is 9.88. The van der Waals surface area contributed by atoms with Crippen molar-refractivity contribution in [2.75, 3.05) is 19.8 Å². The first-order valence-electron chi connectivity index (χ1n) is 5.60. The van der Waals surface area contributed by atoms with Crippen LogP contribution in [0.5, 0.6) is 0 Å². The van der Waals surface area contributed by atoms with Crippen LogP contribution in [0.25, 0.3) is 0 Å². The highest BCUT2D eigenvalue weighted by Gasteiger charge is 2.39. The summed E-state index contributed by atoms with van der Waals surface area (Å²) in [6.07, 6.45) is 0. The van der Waals surface area contributed by atoms with Gasteiger partial charge >= 0.3 is 0 Å². The second-order valence-electron chi connectivity index (χ2n) is 5.09. The van der Waals surface area contributed by atoms with Gasteiger partial charge in [0.25, 0.3) is 5.91 Å². The Bertz CT molecular complexity index is 485. The molecule has 1 saturated heterocycles. The molecule has 0 N–H and O–H groups in total. The van der Waals surface area contributed by atoms with Gasteiger partial charge in [0.1, 0.15) is 5.15 Å². The molecule has 4 nitrogen and oxygen atoms in total. The summed E-state index contributed by atoms with van der Waals surface area (Å²) < 4.78 is 5.20. The van der Waals surface area contributed by atoms with Crippen LogP contribution in [0.15, 0.2) is 12.1 Å². The molecule has 3 heterocycles. The van der Waals surface area contributed by atoms with Gasteiger partial charge < -0.3 is 9.64 Å². The lowest BCUT2D eigenvalue weighted by Crippen LogP contribution is -2.48. The molecule has 0 unspecified atom stereocenters. The molecule has 0 spiro atoms. The van der Waals surface area contributed by atoms with Gasteiger partial charge in [0.05, 0.1) is 31.0 Å². The molecule has 0 atom stereocenters. The Balaban J connectivity index is 1.81. The summed E-state index contributed by atoms with van der Waals surface area (Å²) >= 11 is 5.83. The maximum atomic E-state index is 12.1. The summed E-state index contributed by atoms with van der Waals surface area (Å²) in [6, 6.07) is 3.42. The van der Waals surface area contributed by atoms with Crippen molar-refractivity contribution < 1.29 is 9.53 Å². The average molecular weight is 253 g/mol. The molecule has 1 amide bonds. The lowest BCUT2D eigenvalue weighted by molar-refractivity contribution is -0.111. The monoisotopic (exact) mass is 252 g/mol. The van der Waals surface area contributed by atoms with E-state index in [1.54, 1.807) is 12.1 Å². The Labute approximate surface area is 105 Å². The van der Waals surface area contributed by atoms with E-state index in [9.17, 15) is 4.79 Å². The van der Waals surface area contributed by atoms with Crippen LogP contribution in [0.1, 0.15) is 23.0 Å². The molecular formula is C12H13ClN2O2. The van der Waals surface area contributed by atoms with Crippen LogP contribution in [0.2, 0.25) is 5.15 Å². The van der Waals surface area contributed by atoms with E-state index in [0.717, 1.165) is 25.5 Å². The van der Waals surface area contributed by atoms with E-state index >= 15 is 0 Å². The first-order chi connectivity index (χ1) is 8.07. The van der Waals surface area contributed by atoms with E-state index in [0.29, 0.717) is 17.3 Å². The number of carbonyl (C=O) groups excluding carboxylic acids is 1. The molecule has 1 aromatic heterocycles. The third kappa shape index (κ3) is 1.81. The fourth-order valence-electron chi connectivity index (χ4n) is 2.34. The minimum absolute atomic E-state index is 0.0530. The van der Waals surface area contributed by atoms with Gasteiger partial charge in [0.2, 0.25) is 0 Å². The van der Waals surface area contributed by atoms with E-state index in [-0.39, 0.29) is 11.3 Å². The van der Waals surface area contributed by atoms with Crippen LogP contribution in [0.4, 0.5) is 0 Å². The van der Waals surface area contributed by atoms with Gasteiger partial charge in [-0.1, -0.05) is 18.5 Å². The maximum absolute atomic E-state index is 12.1. The van der Waals surface area contributed by atoms with Crippen molar-refractivity contribution >= 4 is 17.5 Å². The van der Waals surface area contributed by atoms with E-state index in [1.165, 1.54) is 0 Å². The molecule has 3 rings (SSSR count). The summed E-state index contributed by atoms with van der Waals surface area (Å²) in [7, 11) is 0. The van der Waals surface area contributed by atoms with Crippen LogP contribution in [-0.2, 0) is 11.3 Å². The highest BCUT2D eigenvalue weighted by atomic mass is 35.5. The minimum Gasteiger partial charge on any atom is -0.380 e. The van der Waals surface area contributed by atoms with Crippen molar-refractivity contribution in [2.45, 2.75) is 13.5 Å². The van der Waals surface area contributed by atoms with Crippen molar-refractivity contribution in [3.63, 3.8) is 0 Å². The Hall–Kier alpha value is -1.13. The molecule has 0 aromatic carbocycles. The summed E-state index contributed by atoms with van der Waals surface area (Å²) in [6.45, 7) is 4.86. The molecule has 17 heavy (non-hydrogen) atoms. The highest BCUT2D eigenvalue weighted by Crippen LogP contribution is 2.31. The highest BCUT2D eigenvalue weighted by molar-refractivity contribution is 6.29. The summed E-state index contributed by atoms with van der Waals surface area (Å²) in [5.74, 6) is 0.0530. The van der Waals surface area contributed by atoms with Gasteiger partial charge in [-0.2, -0.15) is 0 Å². The number of carbonyl (C=O) groups is 1. The van der Waals surface area contributed by atoms with Gasteiger partial charge in [-0.3, -0.25) is 4.79 Å². The third-order valence-electron chi connectivity index (χ3n) is 3.27. The predicted octanol–water partition coefficient (Wildman–Crippen LogP) is 1.73. The predicted molar refractivity (Wildman–Crippen MR) is 62.9 cm³/mol. The Morgan fingerprint density at radius 3 is 2.94 bits per heavy atom. The molecule has 1 fully saturated rings. The standard InChI is InChI=1S/C12H13ClN2O2/c1-12(6-17-7-12)5-15-4-9-8(11(15)16)2-3-10(13)14-9/h2-3H,4-7H2,1H3. The molecule has 5 heteroatoms. The van der Waals surface area contributed by atoms with Crippen LogP contribution in [0, 0.1) is 5.41 Å². The molecule has 90 valence electrons. The summed E-state index contributed by atoms with van der Waals surface area (Å²) in [5.41, 5.74) is 1.56. The van der Waals surface area contributed by atoms with Crippen molar-refractivity contribution in [2.24, 2.45) is 5.41 Å². The zero-order valence-electron chi connectivity index (χ0n) is 9.57. The quantitative estimate of drug-likeness (QED) is 0.753. The van der Waals surface area contributed by atoms with Crippen molar-refractivity contribution in [1.82, 2.24) is 9.88 Å². The topological polar surface area (TPSA) is 42.4 Å². The van der Waals surface area contributed by atoms with Crippen molar-refractivity contribution in [1.29, 1.82) is 0 Å². The van der Waals surface area contributed by atoms with Crippen molar-refractivity contribution in [3.8, 4) is 0 Å². The Morgan fingerprint density at radius 2 is 2.29 bits per heavy atom. The third-order valence-corrected chi connectivity index (χ3v) is 3.48. The summed E-state index contributed by atoms with van der Waals surface area (Å²) in [4.78, 5) is 18.2. The maximum Gasteiger partial charge on any atom is 0.256 e. The number of rotatable bonds is 2. The molecule has 0 radical (unpaired) electrons. The molecule has 0 saturated carbocycles. The Kier molecular flexibility index (Phi) is 2.38. The fourth-order valence-corrected chi connectivity index (χ4v) is 2.51. The van der Waals surface area contributed by atoms with Gasteiger partial charge in [0.15, 0.2) is 0 Å². The van der Waals surface area contributed by atoms with Crippen LogP contribution in [-0.4, -0.2) is 35.5 Å². The summed E-state index contributed by atoms with van der Waals surface area (Å²) in [5, 5.41) is 0.441. The number of aromatic nitrogens is 1. The largest absolute Gasteiger partial charge is 0.380 e. The molecule has 2 aliphatic heterocycles. The second kappa shape index (κ2) is 3.68. The number of pyridine rings is 1. The zero-order valence-corrected chi connectivity index (χ0v) is 10.3. The van der Waals surface area contributed by atoms with Gasteiger partial charge in [-0.15, -0.1) is 0 Å². The van der Waals surface area contributed by atoms with Gasteiger partial charge in [0, 0.05) is 12.0 Å². The fraction of sp³-hybridized carbons (Fsp3) is 0.500. The molecule has 0 bridgehead atoms. The van der Waals surface area contributed by atoms with E-state index in [2.05, 4.69) is 11.9 Å². The molecule has 0 aliphatic carbocycles. The van der Waals surface area contributed by atoms with Crippen LogP contribution in [0.3, 0.4) is 0 Å². The smallest absolute Gasteiger partial charge is 0.256 e. The Morgan fingerprint density at radius 1 is 1.53 bits per heavy atom. The number of fused-ring (bicyclic) bond motifs is 1. The normalized spacial score (nSPS) is 21.3. The average Bonchev–Trinajstić information content (AvgIpc) is 2.53. The lowest BCUT2D eigenvalue weighted by Gasteiger charge is -2.40. The zero-order chi connectivity index (χ0) is 12.0. The number of amides is 1. The van der Waals surface area contributed by atoms with Gasteiger partial charge in [-0.25, -0.2) is 4.98 Å². The van der Waals surface area contributed by atoms with Crippen molar-refractivity contribution in [3.05, 3.63) is 28.5 Å². The van der Waals surface area contributed by atoms with E-state index in [4.69, 9.17) is 16.3 Å². The van der Waals surface area contributed by atoms with E-state index < -0.39 is 0 Å². The number of hydrogen-bond donors (Lipinski definition) is 0.